The molecule has 3 heteroatoms. The van der Waals surface area contributed by atoms with Gasteiger partial charge in [-0.1, -0.05) is 23.3 Å². The summed E-state index contributed by atoms with van der Waals surface area (Å²) < 4.78 is 10.3. The zero-order valence-electron chi connectivity index (χ0n) is 13.3. The van der Waals surface area contributed by atoms with E-state index in [-0.39, 0.29) is 5.97 Å². The van der Waals surface area contributed by atoms with E-state index >= 15 is 0 Å². The van der Waals surface area contributed by atoms with Crippen LogP contribution in [0.3, 0.4) is 0 Å². The summed E-state index contributed by atoms with van der Waals surface area (Å²) >= 11 is 0. The smallest absolute Gasteiger partial charge is 0.337 e. The molecule has 21 heavy (non-hydrogen) atoms. The van der Waals surface area contributed by atoms with Crippen molar-refractivity contribution >= 4 is 5.97 Å². The van der Waals surface area contributed by atoms with E-state index in [1.54, 1.807) is 18.2 Å². The molecule has 0 N–H and O–H groups in total. The number of hydrogen-bond donors (Lipinski definition) is 0. The molecule has 0 unspecified atom stereocenters. The Bertz CT molecular complexity index is 523. The number of methoxy groups -OCH3 is 1. The van der Waals surface area contributed by atoms with Crippen LogP contribution in [0.1, 0.15) is 44.0 Å². The molecule has 0 spiro atoms. The van der Waals surface area contributed by atoms with Crippen molar-refractivity contribution in [1.82, 2.24) is 0 Å². The van der Waals surface area contributed by atoms with Gasteiger partial charge in [0.15, 0.2) is 0 Å². The highest BCUT2D eigenvalue weighted by Crippen LogP contribution is 2.14. The van der Waals surface area contributed by atoms with Gasteiger partial charge < -0.3 is 9.47 Å². The topological polar surface area (TPSA) is 35.5 Å². The molecule has 1 aromatic carbocycles. The van der Waals surface area contributed by atoms with Crippen LogP contribution in [0, 0.1) is 0 Å². The highest BCUT2D eigenvalue weighted by atomic mass is 16.5. The van der Waals surface area contributed by atoms with Gasteiger partial charge in [0, 0.05) is 0 Å². The molecule has 0 bridgehead atoms. The Morgan fingerprint density at radius 1 is 1.19 bits per heavy atom. The van der Waals surface area contributed by atoms with Crippen LogP contribution in [0.25, 0.3) is 0 Å². The second kappa shape index (κ2) is 9.01. The van der Waals surface area contributed by atoms with E-state index in [9.17, 15) is 4.79 Å². The van der Waals surface area contributed by atoms with Crippen LogP contribution in [0.2, 0.25) is 0 Å². The maximum atomic E-state index is 11.4. The molecule has 0 saturated heterocycles. The van der Waals surface area contributed by atoms with Gasteiger partial charge in [-0.05, 0) is 57.9 Å². The summed E-state index contributed by atoms with van der Waals surface area (Å²) in [6.07, 6.45) is 6.40. The molecule has 1 rings (SSSR count). The minimum Gasteiger partial charge on any atom is -0.490 e. The lowest BCUT2D eigenvalue weighted by atomic mass is 10.1. The Kier molecular flexibility index (Phi) is 7.30. The van der Waals surface area contributed by atoms with E-state index < -0.39 is 0 Å². The van der Waals surface area contributed by atoms with E-state index in [0.717, 1.165) is 12.8 Å². The fourth-order valence-corrected chi connectivity index (χ4v) is 1.80. The number of benzene rings is 1. The van der Waals surface area contributed by atoms with E-state index in [0.29, 0.717) is 17.9 Å². The lowest BCUT2D eigenvalue weighted by molar-refractivity contribution is 0.0600. The Morgan fingerprint density at radius 2 is 1.95 bits per heavy atom. The third-order valence-corrected chi connectivity index (χ3v) is 3.03. The predicted octanol–water partition coefficient (Wildman–Crippen LogP) is 4.54. The molecule has 0 heterocycles. The summed E-state index contributed by atoms with van der Waals surface area (Å²) in [5, 5.41) is 0. The van der Waals surface area contributed by atoms with Crippen LogP contribution in [0.5, 0.6) is 5.75 Å². The van der Waals surface area contributed by atoms with E-state index in [4.69, 9.17) is 4.74 Å². The maximum absolute atomic E-state index is 11.4. The molecule has 0 amide bonds. The molecular formula is C18H24O3. The number of rotatable bonds is 7. The van der Waals surface area contributed by atoms with Crippen molar-refractivity contribution in [2.75, 3.05) is 13.7 Å². The Balaban J connectivity index is 2.48. The molecule has 0 aliphatic rings. The maximum Gasteiger partial charge on any atom is 0.337 e. The van der Waals surface area contributed by atoms with Gasteiger partial charge in [0.1, 0.15) is 12.4 Å². The van der Waals surface area contributed by atoms with Gasteiger partial charge in [-0.2, -0.15) is 0 Å². The molecule has 0 aromatic heterocycles. The number of esters is 1. The molecule has 0 radical (unpaired) electrons. The normalized spacial score (nSPS) is 11.0. The minimum absolute atomic E-state index is 0.353. The van der Waals surface area contributed by atoms with Crippen LogP contribution in [-0.4, -0.2) is 19.7 Å². The van der Waals surface area contributed by atoms with Crippen molar-refractivity contribution in [2.24, 2.45) is 0 Å². The van der Waals surface area contributed by atoms with Crippen molar-refractivity contribution in [2.45, 2.75) is 33.6 Å². The Hall–Kier alpha value is -2.03. The minimum atomic E-state index is -0.353. The average molecular weight is 288 g/mol. The van der Waals surface area contributed by atoms with E-state index in [2.05, 4.69) is 37.7 Å². The van der Waals surface area contributed by atoms with Gasteiger partial charge in [0.2, 0.25) is 0 Å². The van der Waals surface area contributed by atoms with Crippen molar-refractivity contribution in [1.29, 1.82) is 0 Å². The van der Waals surface area contributed by atoms with Crippen molar-refractivity contribution in [3.05, 3.63) is 53.1 Å². The molecule has 0 saturated carbocycles. The third-order valence-electron chi connectivity index (χ3n) is 3.03. The first-order chi connectivity index (χ1) is 10.0. The fraction of sp³-hybridized carbons (Fsp3) is 0.389. The third kappa shape index (κ3) is 6.80. The number of carbonyl (C=O) groups is 1. The van der Waals surface area contributed by atoms with Crippen LogP contribution in [0.4, 0.5) is 0 Å². The van der Waals surface area contributed by atoms with E-state index in [1.807, 2.05) is 6.07 Å². The van der Waals surface area contributed by atoms with Gasteiger partial charge in [-0.15, -0.1) is 0 Å². The first kappa shape index (κ1) is 17.0. The molecule has 0 aliphatic heterocycles. The molecule has 3 nitrogen and oxygen atoms in total. The number of hydrogen-bond acceptors (Lipinski definition) is 3. The SMILES string of the molecule is COC(=O)c1cccc(OCC=C(C)CCC=C(C)C)c1. The molecule has 0 fully saturated rings. The monoisotopic (exact) mass is 288 g/mol. The molecule has 0 aliphatic carbocycles. The zero-order valence-corrected chi connectivity index (χ0v) is 13.3. The first-order valence-corrected chi connectivity index (χ1v) is 7.13. The summed E-state index contributed by atoms with van der Waals surface area (Å²) in [6, 6.07) is 7.02. The van der Waals surface area contributed by atoms with Gasteiger partial charge >= 0.3 is 5.97 Å². The van der Waals surface area contributed by atoms with Crippen LogP contribution < -0.4 is 4.74 Å². The average Bonchev–Trinajstić information content (AvgIpc) is 2.46. The number of allylic oxidation sites excluding steroid dienone is 3. The van der Waals surface area contributed by atoms with Crippen LogP contribution in [0.15, 0.2) is 47.6 Å². The zero-order chi connectivity index (χ0) is 15.7. The summed E-state index contributed by atoms with van der Waals surface area (Å²) in [6.45, 7) is 6.82. The highest BCUT2D eigenvalue weighted by molar-refractivity contribution is 5.89. The molecular weight excluding hydrogens is 264 g/mol. The summed E-state index contributed by atoms with van der Waals surface area (Å²) in [5.41, 5.74) is 3.15. The van der Waals surface area contributed by atoms with Crippen LogP contribution in [-0.2, 0) is 4.74 Å². The second-order valence-corrected chi connectivity index (χ2v) is 5.20. The van der Waals surface area contributed by atoms with Crippen molar-refractivity contribution in [3.63, 3.8) is 0 Å². The summed E-state index contributed by atoms with van der Waals surface area (Å²) in [4.78, 5) is 11.4. The van der Waals surface area contributed by atoms with Gasteiger partial charge in [0.05, 0.1) is 12.7 Å². The first-order valence-electron chi connectivity index (χ1n) is 7.13. The van der Waals surface area contributed by atoms with Gasteiger partial charge in [-0.3, -0.25) is 0 Å². The molecule has 0 atom stereocenters. The number of ether oxygens (including phenoxy) is 2. The summed E-state index contributed by atoms with van der Waals surface area (Å²) in [5.74, 6) is 0.320. The molecule has 1 aromatic rings. The van der Waals surface area contributed by atoms with E-state index in [1.165, 1.54) is 18.3 Å². The lowest BCUT2D eigenvalue weighted by Crippen LogP contribution is -2.02. The highest BCUT2D eigenvalue weighted by Gasteiger charge is 2.05. The van der Waals surface area contributed by atoms with Crippen molar-refractivity contribution < 1.29 is 14.3 Å². The van der Waals surface area contributed by atoms with Gasteiger partial charge in [0.25, 0.3) is 0 Å². The molecule has 114 valence electrons. The Morgan fingerprint density at radius 3 is 2.62 bits per heavy atom. The predicted molar refractivity (Wildman–Crippen MR) is 85.7 cm³/mol. The van der Waals surface area contributed by atoms with Crippen molar-refractivity contribution in [3.8, 4) is 5.75 Å². The lowest BCUT2D eigenvalue weighted by Gasteiger charge is -2.06. The fourth-order valence-electron chi connectivity index (χ4n) is 1.80. The summed E-state index contributed by atoms with van der Waals surface area (Å²) in [7, 11) is 1.37. The second-order valence-electron chi connectivity index (χ2n) is 5.20. The largest absolute Gasteiger partial charge is 0.490 e. The van der Waals surface area contributed by atoms with Gasteiger partial charge in [-0.25, -0.2) is 4.79 Å². The standard InChI is InChI=1S/C18H24O3/c1-14(2)7-5-8-15(3)11-12-21-17-10-6-9-16(13-17)18(19)20-4/h6-7,9-11,13H,5,8,12H2,1-4H3. The number of carbonyl (C=O) groups excluding carboxylic acids is 1. The Labute approximate surface area is 127 Å². The quantitative estimate of drug-likeness (QED) is 0.545. The van der Waals surface area contributed by atoms with Crippen LogP contribution >= 0.6 is 0 Å².